The van der Waals surface area contributed by atoms with Crippen molar-refractivity contribution >= 4 is 11.7 Å². The van der Waals surface area contributed by atoms with Gasteiger partial charge in [0.2, 0.25) is 0 Å². The van der Waals surface area contributed by atoms with Crippen molar-refractivity contribution in [2.45, 2.75) is 46.0 Å². The molecule has 0 fully saturated rings. The number of carbonyl (C=O) groups excluding carboxylic acids is 1. The van der Waals surface area contributed by atoms with Crippen molar-refractivity contribution in [3.8, 4) is 0 Å². The topological polar surface area (TPSA) is 74.3 Å². The summed E-state index contributed by atoms with van der Waals surface area (Å²) in [7, 11) is 0. The maximum Gasteiger partial charge on any atom is 0.418 e. The van der Waals surface area contributed by atoms with Gasteiger partial charge in [-0.2, -0.15) is 13.2 Å². The molecule has 1 heterocycles. The number of aryl methyl sites for hydroxylation is 1. The minimum atomic E-state index is -4.72. The van der Waals surface area contributed by atoms with Crippen LogP contribution in [0, 0.1) is 6.92 Å². The van der Waals surface area contributed by atoms with Gasteiger partial charge in [0, 0.05) is 5.69 Å². The largest absolute Gasteiger partial charge is 0.459 e. The van der Waals surface area contributed by atoms with E-state index in [2.05, 4.69) is 0 Å². The highest BCUT2D eigenvalue weighted by Gasteiger charge is 2.35. The Morgan fingerprint density at radius 2 is 1.86 bits per heavy atom. The van der Waals surface area contributed by atoms with Crippen molar-refractivity contribution in [3.05, 3.63) is 27.7 Å². The summed E-state index contributed by atoms with van der Waals surface area (Å²) < 4.78 is 44.0. The number of hydrogen-bond acceptors (Lipinski definition) is 4. The first-order valence-corrected chi connectivity index (χ1v) is 6.12. The van der Waals surface area contributed by atoms with Crippen LogP contribution in [0.15, 0.2) is 10.9 Å². The van der Waals surface area contributed by atoms with Crippen LogP contribution in [-0.4, -0.2) is 16.1 Å². The average Bonchev–Trinajstić information content (AvgIpc) is 2.25. The lowest BCUT2D eigenvalue weighted by Gasteiger charge is -2.21. The van der Waals surface area contributed by atoms with E-state index >= 15 is 0 Å². The van der Waals surface area contributed by atoms with Gasteiger partial charge in [-0.3, -0.25) is 14.2 Å². The summed E-state index contributed by atoms with van der Waals surface area (Å²) in [5, 5.41) is 0. The lowest BCUT2D eigenvalue weighted by Crippen LogP contribution is -2.33. The number of halogens is 3. The summed E-state index contributed by atoms with van der Waals surface area (Å²) in [5.74, 6) is -0.730. The SMILES string of the molecule is Cc1cc(C(F)(F)F)c(N)c(=O)n1CC(=O)OC(C)(C)C. The summed E-state index contributed by atoms with van der Waals surface area (Å²) in [5.41, 5.74) is 1.26. The molecule has 118 valence electrons. The number of anilines is 1. The first kappa shape index (κ1) is 17.1. The molecule has 5 nitrogen and oxygen atoms in total. The van der Waals surface area contributed by atoms with Crippen molar-refractivity contribution in [2.75, 3.05) is 5.73 Å². The summed E-state index contributed by atoms with van der Waals surface area (Å²) in [6, 6.07) is 0.737. The molecule has 1 aromatic heterocycles. The molecule has 8 heteroatoms. The van der Waals surface area contributed by atoms with Crippen LogP contribution in [0.2, 0.25) is 0 Å². The Bertz CT molecular complexity index is 613. The quantitative estimate of drug-likeness (QED) is 0.849. The highest BCUT2D eigenvalue weighted by molar-refractivity contribution is 5.70. The molecule has 0 aromatic carbocycles. The molecule has 0 saturated heterocycles. The van der Waals surface area contributed by atoms with Crippen molar-refractivity contribution in [1.29, 1.82) is 0 Å². The van der Waals surface area contributed by atoms with Crippen LogP contribution in [0.25, 0.3) is 0 Å². The van der Waals surface area contributed by atoms with E-state index in [-0.39, 0.29) is 5.69 Å². The molecule has 0 spiro atoms. The molecule has 21 heavy (non-hydrogen) atoms. The van der Waals surface area contributed by atoms with Crippen molar-refractivity contribution in [3.63, 3.8) is 0 Å². The Labute approximate surface area is 119 Å². The fourth-order valence-electron chi connectivity index (χ4n) is 1.72. The minimum Gasteiger partial charge on any atom is -0.459 e. The first-order chi connectivity index (χ1) is 9.33. The summed E-state index contributed by atoms with van der Waals surface area (Å²) in [6.07, 6.45) is -4.72. The molecule has 1 rings (SSSR count). The number of nitrogens with two attached hydrogens (primary N) is 1. The third kappa shape index (κ3) is 4.24. The number of carbonyl (C=O) groups is 1. The fourth-order valence-corrected chi connectivity index (χ4v) is 1.72. The normalized spacial score (nSPS) is 12.3. The van der Waals surface area contributed by atoms with Gasteiger partial charge in [0.1, 0.15) is 17.8 Å². The highest BCUT2D eigenvalue weighted by atomic mass is 19.4. The van der Waals surface area contributed by atoms with Crippen LogP contribution in [0.5, 0.6) is 0 Å². The van der Waals surface area contributed by atoms with Crippen LogP contribution in [0.4, 0.5) is 18.9 Å². The summed E-state index contributed by atoms with van der Waals surface area (Å²) >= 11 is 0. The second-order valence-electron chi connectivity index (χ2n) is 5.59. The molecule has 0 amide bonds. The zero-order chi connectivity index (χ0) is 16.6. The fraction of sp³-hybridized carbons (Fsp3) is 0.538. The monoisotopic (exact) mass is 306 g/mol. The van der Waals surface area contributed by atoms with Crippen LogP contribution in [0.1, 0.15) is 32.0 Å². The number of alkyl halides is 3. The van der Waals surface area contributed by atoms with E-state index in [0.717, 1.165) is 10.6 Å². The van der Waals surface area contributed by atoms with Crippen molar-refractivity contribution in [2.24, 2.45) is 0 Å². The van der Waals surface area contributed by atoms with Gasteiger partial charge in [-0.1, -0.05) is 0 Å². The lowest BCUT2D eigenvalue weighted by atomic mass is 10.1. The number of esters is 1. The number of nitrogens with zero attached hydrogens (tertiary/aromatic N) is 1. The van der Waals surface area contributed by atoms with Crippen LogP contribution >= 0.6 is 0 Å². The van der Waals surface area contributed by atoms with Gasteiger partial charge in [0.25, 0.3) is 5.56 Å². The van der Waals surface area contributed by atoms with E-state index in [0.29, 0.717) is 0 Å². The third-order valence-corrected chi connectivity index (χ3v) is 2.56. The minimum absolute atomic E-state index is 0.0209. The van der Waals surface area contributed by atoms with Gasteiger partial charge < -0.3 is 10.5 Å². The number of hydrogen-bond donors (Lipinski definition) is 1. The van der Waals surface area contributed by atoms with Gasteiger partial charge in [0.15, 0.2) is 0 Å². The Hall–Kier alpha value is -1.99. The van der Waals surface area contributed by atoms with E-state index in [1.165, 1.54) is 6.92 Å². The second-order valence-corrected chi connectivity index (χ2v) is 5.59. The smallest absolute Gasteiger partial charge is 0.418 e. The molecule has 0 aliphatic carbocycles. The lowest BCUT2D eigenvalue weighted by molar-refractivity contribution is -0.155. The van der Waals surface area contributed by atoms with Crippen molar-refractivity contribution in [1.82, 2.24) is 4.57 Å². The highest BCUT2D eigenvalue weighted by Crippen LogP contribution is 2.32. The molecule has 0 aliphatic rings. The Balaban J connectivity index is 3.20. The number of pyridine rings is 1. The molecule has 0 bridgehead atoms. The maximum absolute atomic E-state index is 12.7. The first-order valence-electron chi connectivity index (χ1n) is 6.12. The summed E-state index contributed by atoms with van der Waals surface area (Å²) in [6.45, 7) is 5.72. The number of nitrogen functional groups attached to an aromatic ring is 1. The van der Waals surface area contributed by atoms with Gasteiger partial charge in [-0.25, -0.2) is 0 Å². The predicted molar refractivity (Wildman–Crippen MR) is 70.7 cm³/mol. The number of rotatable bonds is 2. The zero-order valence-corrected chi connectivity index (χ0v) is 12.2. The molecule has 0 unspecified atom stereocenters. The van der Waals surface area contributed by atoms with Crippen molar-refractivity contribution < 1.29 is 22.7 Å². The standard InChI is InChI=1S/C13H17F3N2O3/c1-7-5-8(13(14,15)16)10(17)11(20)18(7)6-9(19)21-12(2,3)4/h5H,6,17H2,1-4H3. The van der Waals surface area contributed by atoms with Crippen LogP contribution < -0.4 is 11.3 Å². The van der Waals surface area contributed by atoms with Gasteiger partial charge in [0.05, 0.1) is 5.56 Å². The van der Waals surface area contributed by atoms with E-state index < -0.39 is 41.1 Å². The molecule has 0 aliphatic heterocycles. The number of aromatic nitrogens is 1. The molecule has 0 radical (unpaired) electrons. The Morgan fingerprint density at radius 3 is 2.29 bits per heavy atom. The van der Waals surface area contributed by atoms with Crippen LogP contribution in [-0.2, 0) is 22.3 Å². The molecular weight excluding hydrogens is 289 g/mol. The number of ether oxygens (including phenoxy) is 1. The Morgan fingerprint density at radius 1 is 1.33 bits per heavy atom. The molecule has 0 saturated carbocycles. The van der Waals surface area contributed by atoms with Gasteiger partial charge >= 0.3 is 12.1 Å². The molecular formula is C13H17F3N2O3. The average molecular weight is 306 g/mol. The maximum atomic E-state index is 12.7. The predicted octanol–water partition coefficient (Wildman–Crippen LogP) is 2.10. The van der Waals surface area contributed by atoms with E-state index in [1.54, 1.807) is 20.8 Å². The van der Waals surface area contributed by atoms with E-state index in [1.807, 2.05) is 0 Å². The molecule has 2 N–H and O–H groups in total. The second kappa shape index (κ2) is 5.42. The van der Waals surface area contributed by atoms with Crippen LogP contribution in [0.3, 0.4) is 0 Å². The van der Waals surface area contributed by atoms with E-state index in [4.69, 9.17) is 10.5 Å². The molecule has 0 atom stereocenters. The zero-order valence-electron chi connectivity index (χ0n) is 12.2. The molecule has 1 aromatic rings. The Kier molecular flexibility index (Phi) is 4.40. The van der Waals surface area contributed by atoms with E-state index in [9.17, 15) is 22.8 Å². The van der Waals surface area contributed by atoms with Gasteiger partial charge in [-0.05, 0) is 33.8 Å². The summed E-state index contributed by atoms with van der Waals surface area (Å²) in [4.78, 5) is 23.6. The third-order valence-electron chi connectivity index (χ3n) is 2.56. The van der Waals surface area contributed by atoms with Gasteiger partial charge in [-0.15, -0.1) is 0 Å².